The number of hydrogen-bond acceptors (Lipinski definition) is 5. The van der Waals surface area contributed by atoms with Crippen LogP contribution < -0.4 is 15.6 Å². The van der Waals surface area contributed by atoms with E-state index in [1.54, 1.807) is 27.4 Å². The molecule has 1 N–H and O–H groups in total. The second kappa shape index (κ2) is 11.7. The lowest BCUT2D eigenvalue weighted by Crippen LogP contribution is -2.36. The van der Waals surface area contributed by atoms with Crippen molar-refractivity contribution < 1.29 is 14.2 Å². The van der Waals surface area contributed by atoms with Crippen molar-refractivity contribution in [1.29, 1.82) is 0 Å². The molecule has 0 saturated heterocycles. The third kappa shape index (κ3) is 5.73. The van der Waals surface area contributed by atoms with Gasteiger partial charge in [-0.1, -0.05) is 13.5 Å². The minimum atomic E-state index is 0. The smallest absolute Gasteiger partial charge is 0.251 e. The molecule has 1 atom stereocenters. The lowest BCUT2D eigenvalue weighted by atomic mass is 9.85. The Morgan fingerprint density at radius 3 is 2.50 bits per heavy atom. The fourth-order valence-electron chi connectivity index (χ4n) is 5.15. The van der Waals surface area contributed by atoms with Crippen LogP contribution in [0.4, 0.5) is 0 Å². The predicted molar refractivity (Wildman–Crippen MR) is 139 cm³/mol. The average molecular weight is 469 g/mol. The highest BCUT2D eigenvalue weighted by molar-refractivity contribution is 5.83. The SMILES string of the molecule is C.COC1=CC(CNC2CCC(Cn3c(=O)cc(C)c4ccc(OC)cc43)CC2)=CCC1OC. The topological polar surface area (TPSA) is 61.7 Å². The quantitative estimate of drug-likeness (QED) is 0.592. The molecule has 1 unspecified atom stereocenters. The van der Waals surface area contributed by atoms with E-state index in [-0.39, 0.29) is 19.1 Å². The van der Waals surface area contributed by atoms with Gasteiger partial charge >= 0.3 is 0 Å². The summed E-state index contributed by atoms with van der Waals surface area (Å²) in [5, 5.41) is 4.84. The summed E-state index contributed by atoms with van der Waals surface area (Å²) in [6.45, 7) is 3.61. The largest absolute Gasteiger partial charge is 0.498 e. The molecule has 1 saturated carbocycles. The van der Waals surface area contributed by atoms with Gasteiger partial charge in [0.1, 0.15) is 17.6 Å². The van der Waals surface area contributed by atoms with E-state index in [1.807, 2.05) is 23.6 Å². The van der Waals surface area contributed by atoms with Crippen molar-refractivity contribution in [3.05, 3.63) is 63.7 Å². The number of hydrogen-bond donors (Lipinski definition) is 1. The van der Waals surface area contributed by atoms with E-state index < -0.39 is 0 Å². The Morgan fingerprint density at radius 2 is 1.82 bits per heavy atom. The van der Waals surface area contributed by atoms with Gasteiger partial charge in [0.25, 0.3) is 5.56 Å². The van der Waals surface area contributed by atoms with Gasteiger partial charge in [-0.05, 0) is 74.3 Å². The van der Waals surface area contributed by atoms with E-state index in [9.17, 15) is 4.79 Å². The first kappa shape index (κ1) is 26.0. The highest BCUT2D eigenvalue weighted by atomic mass is 16.5. The molecule has 6 heteroatoms. The minimum Gasteiger partial charge on any atom is -0.498 e. The summed E-state index contributed by atoms with van der Waals surface area (Å²) >= 11 is 0. The van der Waals surface area contributed by atoms with Crippen LogP contribution in [0.1, 0.15) is 45.1 Å². The zero-order chi connectivity index (χ0) is 23.4. The van der Waals surface area contributed by atoms with Crippen molar-refractivity contribution in [2.75, 3.05) is 27.9 Å². The maximum atomic E-state index is 12.8. The summed E-state index contributed by atoms with van der Waals surface area (Å²) in [6.07, 6.45) is 9.70. The number of nitrogens with one attached hydrogen (secondary N) is 1. The average Bonchev–Trinajstić information content (AvgIpc) is 2.85. The molecule has 2 aliphatic rings. The molecule has 2 aliphatic carbocycles. The molecular formula is C28H40N2O4. The number of aryl methyl sites for hydroxylation is 1. The van der Waals surface area contributed by atoms with Crippen molar-refractivity contribution in [3.8, 4) is 5.75 Å². The number of rotatable bonds is 8. The van der Waals surface area contributed by atoms with E-state index in [0.29, 0.717) is 12.0 Å². The number of pyridine rings is 1. The third-order valence-corrected chi connectivity index (χ3v) is 7.17. The van der Waals surface area contributed by atoms with Gasteiger partial charge in [-0.15, -0.1) is 0 Å². The summed E-state index contributed by atoms with van der Waals surface area (Å²) in [4.78, 5) is 12.8. The molecule has 1 aromatic carbocycles. The van der Waals surface area contributed by atoms with Crippen LogP contribution in [-0.4, -0.2) is 44.6 Å². The number of ether oxygens (including phenoxy) is 3. The van der Waals surface area contributed by atoms with Crippen molar-refractivity contribution in [3.63, 3.8) is 0 Å². The lowest BCUT2D eigenvalue weighted by Gasteiger charge is -2.30. The maximum Gasteiger partial charge on any atom is 0.251 e. The fraction of sp³-hybridized carbons (Fsp3) is 0.536. The highest BCUT2D eigenvalue weighted by Crippen LogP contribution is 2.29. The van der Waals surface area contributed by atoms with E-state index in [1.165, 1.54) is 5.57 Å². The van der Waals surface area contributed by atoms with Crippen LogP contribution >= 0.6 is 0 Å². The standard InChI is InChI=1S/C27H36N2O4.CH4/c1-18-13-27(30)29(24-15-22(31-2)10-11-23(18)24)17-19-5-8-21(9-6-19)28-16-20-7-12-25(32-3)26(14-20)33-4;/h7,10-11,13-15,19,21,25,28H,5-6,8-9,12,16-17H2,1-4H3;1H4. The van der Waals surface area contributed by atoms with Crippen LogP contribution in [0.25, 0.3) is 10.9 Å². The van der Waals surface area contributed by atoms with Crippen LogP contribution in [0.2, 0.25) is 0 Å². The highest BCUT2D eigenvalue weighted by Gasteiger charge is 2.23. The first-order chi connectivity index (χ1) is 16.0. The lowest BCUT2D eigenvalue weighted by molar-refractivity contribution is 0.0789. The Hall–Kier alpha value is -2.57. The van der Waals surface area contributed by atoms with Gasteiger partial charge in [0.15, 0.2) is 0 Å². The number of aromatic nitrogens is 1. The molecule has 0 spiro atoms. The third-order valence-electron chi connectivity index (χ3n) is 7.17. The maximum absolute atomic E-state index is 12.8. The van der Waals surface area contributed by atoms with E-state index in [4.69, 9.17) is 14.2 Å². The summed E-state index contributed by atoms with van der Waals surface area (Å²) in [6, 6.07) is 8.27. The molecule has 186 valence electrons. The molecule has 2 aromatic rings. The van der Waals surface area contributed by atoms with Crippen molar-refractivity contribution in [2.24, 2.45) is 5.92 Å². The molecule has 6 nitrogen and oxygen atoms in total. The molecule has 34 heavy (non-hydrogen) atoms. The van der Waals surface area contributed by atoms with Gasteiger partial charge in [-0.3, -0.25) is 4.79 Å². The van der Waals surface area contributed by atoms with Gasteiger partial charge < -0.3 is 24.1 Å². The molecular weight excluding hydrogens is 428 g/mol. The number of fused-ring (bicyclic) bond motifs is 1. The Labute approximate surface area is 203 Å². The molecule has 1 aromatic heterocycles. The van der Waals surface area contributed by atoms with Crippen LogP contribution in [0, 0.1) is 12.8 Å². The fourth-order valence-corrected chi connectivity index (χ4v) is 5.15. The summed E-state index contributed by atoms with van der Waals surface area (Å²) in [5.74, 6) is 2.19. The van der Waals surface area contributed by atoms with Crippen LogP contribution in [-0.2, 0) is 16.0 Å². The zero-order valence-corrected chi connectivity index (χ0v) is 20.2. The Bertz CT molecular complexity index is 1090. The van der Waals surface area contributed by atoms with Gasteiger partial charge in [0.2, 0.25) is 0 Å². The number of benzene rings is 1. The Kier molecular flexibility index (Phi) is 8.97. The van der Waals surface area contributed by atoms with Crippen molar-refractivity contribution >= 4 is 10.9 Å². The summed E-state index contributed by atoms with van der Waals surface area (Å²) < 4.78 is 18.3. The van der Waals surface area contributed by atoms with Crippen molar-refractivity contribution in [2.45, 2.75) is 65.1 Å². The van der Waals surface area contributed by atoms with E-state index >= 15 is 0 Å². The molecule has 0 radical (unpaired) electrons. The van der Waals surface area contributed by atoms with Crippen LogP contribution in [0.15, 0.2) is 52.5 Å². The Morgan fingerprint density at radius 1 is 1.06 bits per heavy atom. The van der Waals surface area contributed by atoms with Gasteiger partial charge in [0, 0.05) is 43.8 Å². The monoisotopic (exact) mass is 468 g/mol. The number of methoxy groups -OCH3 is 3. The Balaban J connectivity index is 0.00000324. The van der Waals surface area contributed by atoms with Gasteiger partial charge in [-0.2, -0.15) is 0 Å². The second-order valence-corrected chi connectivity index (χ2v) is 9.25. The molecule has 1 fully saturated rings. The van der Waals surface area contributed by atoms with Crippen LogP contribution in [0.5, 0.6) is 5.75 Å². The first-order valence-electron chi connectivity index (χ1n) is 11.9. The normalized spacial score (nSPS) is 22.5. The molecule has 0 aliphatic heterocycles. The van der Waals surface area contributed by atoms with Gasteiger partial charge in [-0.25, -0.2) is 0 Å². The molecule has 0 amide bonds. The van der Waals surface area contributed by atoms with E-state index in [0.717, 1.165) is 73.2 Å². The van der Waals surface area contributed by atoms with Crippen LogP contribution in [0.3, 0.4) is 0 Å². The predicted octanol–water partition coefficient (Wildman–Crippen LogP) is 4.98. The zero-order valence-electron chi connectivity index (χ0n) is 20.2. The van der Waals surface area contributed by atoms with E-state index in [2.05, 4.69) is 23.5 Å². The summed E-state index contributed by atoms with van der Waals surface area (Å²) in [5.41, 5.74) is 3.32. The number of nitrogens with zero attached hydrogens (tertiary/aromatic N) is 1. The first-order valence-corrected chi connectivity index (χ1v) is 11.9. The molecule has 0 bridgehead atoms. The van der Waals surface area contributed by atoms with Gasteiger partial charge in [0.05, 0.1) is 19.7 Å². The van der Waals surface area contributed by atoms with Crippen molar-refractivity contribution in [1.82, 2.24) is 9.88 Å². The molecule has 1 heterocycles. The summed E-state index contributed by atoms with van der Waals surface area (Å²) in [7, 11) is 5.09. The minimum absolute atomic E-state index is 0. The molecule has 4 rings (SSSR count). The second-order valence-electron chi connectivity index (χ2n) is 9.25.